The molecular formula is C15H33N3. The monoisotopic (exact) mass is 255 g/mol. The van der Waals surface area contributed by atoms with E-state index in [4.69, 9.17) is 0 Å². The molecule has 1 heterocycles. The van der Waals surface area contributed by atoms with Crippen LogP contribution in [0.5, 0.6) is 0 Å². The molecule has 1 saturated heterocycles. The standard InChI is InChI=1S/C15H33N3/c1-7-16-14(4)15(5,6)12-17-9-10-18(8-2)13(3)11-17/h13-14,16H,7-12H2,1-6H3. The van der Waals surface area contributed by atoms with E-state index < -0.39 is 0 Å². The van der Waals surface area contributed by atoms with Crippen LogP contribution < -0.4 is 5.32 Å². The molecule has 0 aromatic rings. The fourth-order valence-corrected chi connectivity index (χ4v) is 2.98. The first-order valence-corrected chi connectivity index (χ1v) is 7.60. The third-order valence-corrected chi connectivity index (χ3v) is 4.57. The predicted molar refractivity (Wildman–Crippen MR) is 80.1 cm³/mol. The van der Waals surface area contributed by atoms with E-state index in [0.717, 1.165) is 6.54 Å². The molecule has 1 fully saturated rings. The molecule has 18 heavy (non-hydrogen) atoms. The molecule has 2 unspecified atom stereocenters. The summed E-state index contributed by atoms with van der Waals surface area (Å²) >= 11 is 0. The lowest BCUT2D eigenvalue weighted by Crippen LogP contribution is -2.55. The van der Waals surface area contributed by atoms with Gasteiger partial charge in [-0.1, -0.05) is 27.7 Å². The Labute approximate surface area is 114 Å². The molecule has 2 atom stereocenters. The molecule has 3 nitrogen and oxygen atoms in total. The summed E-state index contributed by atoms with van der Waals surface area (Å²) < 4.78 is 0. The van der Waals surface area contributed by atoms with Crippen molar-refractivity contribution in [3.63, 3.8) is 0 Å². The first-order chi connectivity index (χ1) is 8.40. The van der Waals surface area contributed by atoms with E-state index >= 15 is 0 Å². The zero-order valence-electron chi connectivity index (χ0n) is 13.3. The van der Waals surface area contributed by atoms with Gasteiger partial charge >= 0.3 is 0 Å². The minimum absolute atomic E-state index is 0.337. The fourth-order valence-electron chi connectivity index (χ4n) is 2.98. The second-order valence-corrected chi connectivity index (χ2v) is 6.48. The van der Waals surface area contributed by atoms with Gasteiger partial charge in [-0.15, -0.1) is 0 Å². The Kier molecular flexibility index (Phi) is 6.09. The zero-order chi connectivity index (χ0) is 13.8. The van der Waals surface area contributed by atoms with Crippen molar-refractivity contribution in [1.82, 2.24) is 15.1 Å². The lowest BCUT2D eigenvalue weighted by molar-refractivity contribution is 0.0534. The number of nitrogens with one attached hydrogen (secondary N) is 1. The summed E-state index contributed by atoms with van der Waals surface area (Å²) in [6.07, 6.45) is 0. The summed E-state index contributed by atoms with van der Waals surface area (Å²) in [6, 6.07) is 1.27. The van der Waals surface area contributed by atoms with Crippen molar-refractivity contribution in [2.24, 2.45) is 5.41 Å². The molecule has 0 amide bonds. The van der Waals surface area contributed by atoms with E-state index in [0.29, 0.717) is 17.5 Å². The molecule has 1 rings (SSSR count). The minimum Gasteiger partial charge on any atom is -0.314 e. The highest BCUT2D eigenvalue weighted by Crippen LogP contribution is 2.23. The molecule has 0 radical (unpaired) electrons. The van der Waals surface area contributed by atoms with Crippen LogP contribution in [-0.2, 0) is 0 Å². The summed E-state index contributed by atoms with van der Waals surface area (Å²) in [6.45, 7) is 21.0. The zero-order valence-corrected chi connectivity index (χ0v) is 13.3. The van der Waals surface area contributed by atoms with Crippen molar-refractivity contribution in [3.05, 3.63) is 0 Å². The van der Waals surface area contributed by atoms with E-state index in [1.54, 1.807) is 0 Å². The minimum atomic E-state index is 0.337. The summed E-state index contributed by atoms with van der Waals surface area (Å²) in [5, 5.41) is 3.57. The average Bonchev–Trinajstić information content (AvgIpc) is 2.29. The van der Waals surface area contributed by atoms with E-state index in [9.17, 15) is 0 Å². The summed E-state index contributed by atoms with van der Waals surface area (Å²) in [7, 11) is 0. The Bertz CT molecular complexity index is 240. The molecule has 1 aliphatic heterocycles. The van der Waals surface area contributed by atoms with Gasteiger partial charge in [0.2, 0.25) is 0 Å². The van der Waals surface area contributed by atoms with Crippen molar-refractivity contribution in [2.45, 2.75) is 53.6 Å². The van der Waals surface area contributed by atoms with Crippen LogP contribution in [-0.4, -0.2) is 61.2 Å². The number of hydrogen-bond donors (Lipinski definition) is 1. The maximum atomic E-state index is 3.57. The van der Waals surface area contributed by atoms with Crippen molar-refractivity contribution < 1.29 is 0 Å². The van der Waals surface area contributed by atoms with Gasteiger partial charge in [-0.2, -0.15) is 0 Å². The molecule has 108 valence electrons. The number of hydrogen-bond acceptors (Lipinski definition) is 3. The van der Waals surface area contributed by atoms with Crippen LogP contribution in [0, 0.1) is 5.41 Å². The molecule has 0 saturated carbocycles. The van der Waals surface area contributed by atoms with Crippen LogP contribution in [0.15, 0.2) is 0 Å². The first kappa shape index (κ1) is 15.9. The lowest BCUT2D eigenvalue weighted by atomic mass is 9.84. The highest BCUT2D eigenvalue weighted by atomic mass is 15.3. The average molecular weight is 255 g/mol. The largest absolute Gasteiger partial charge is 0.314 e. The highest BCUT2D eigenvalue weighted by Gasteiger charge is 2.30. The van der Waals surface area contributed by atoms with Crippen LogP contribution >= 0.6 is 0 Å². The van der Waals surface area contributed by atoms with Gasteiger partial charge in [-0.05, 0) is 32.4 Å². The molecule has 1 N–H and O–H groups in total. The normalized spacial score (nSPS) is 25.3. The Balaban J connectivity index is 2.47. The van der Waals surface area contributed by atoms with Gasteiger partial charge in [-0.25, -0.2) is 0 Å². The summed E-state index contributed by atoms with van der Waals surface area (Å²) in [4.78, 5) is 5.22. The molecule has 0 aliphatic carbocycles. The topological polar surface area (TPSA) is 18.5 Å². The van der Waals surface area contributed by atoms with E-state index in [2.05, 4.69) is 56.7 Å². The SMILES string of the molecule is CCNC(C)C(C)(C)CN1CCN(CC)C(C)C1. The van der Waals surface area contributed by atoms with Gasteiger partial charge < -0.3 is 5.32 Å². The van der Waals surface area contributed by atoms with Crippen LogP contribution in [0.2, 0.25) is 0 Å². The Hall–Kier alpha value is -0.120. The van der Waals surface area contributed by atoms with Gasteiger partial charge in [-0.3, -0.25) is 9.80 Å². The lowest BCUT2D eigenvalue weighted by Gasteiger charge is -2.44. The Morgan fingerprint density at radius 1 is 1.28 bits per heavy atom. The van der Waals surface area contributed by atoms with E-state index in [1.807, 2.05) is 0 Å². The predicted octanol–water partition coefficient (Wildman–Crippen LogP) is 2.04. The highest BCUT2D eigenvalue weighted by molar-refractivity contribution is 4.87. The van der Waals surface area contributed by atoms with Crippen molar-refractivity contribution in [2.75, 3.05) is 39.3 Å². The number of rotatable bonds is 6. The number of likely N-dealkylation sites (N-methyl/N-ethyl adjacent to an activating group) is 1. The Morgan fingerprint density at radius 3 is 2.44 bits per heavy atom. The summed E-state index contributed by atoms with van der Waals surface area (Å²) in [5.74, 6) is 0. The Morgan fingerprint density at radius 2 is 1.94 bits per heavy atom. The van der Waals surface area contributed by atoms with Gasteiger partial charge in [0.1, 0.15) is 0 Å². The van der Waals surface area contributed by atoms with Crippen LogP contribution in [0.25, 0.3) is 0 Å². The van der Waals surface area contributed by atoms with E-state index in [-0.39, 0.29) is 0 Å². The van der Waals surface area contributed by atoms with Gasteiger partial charge in [0.05, 0.1) is 0 Å². The maximum absolute atomic E-state index is 3.57. The third-order valence-electron chi connectivity index (χ3n) is 4.57. The quantitative estimate of drug-likeness (QED) is 0.783. The second-order valence-electron chi connectivity index (χ2n) is 6.48. The first-order valence-electron chi connectivity index (χ1n) is 7.60. The van der Waals surface area contributed by atoms with Gasteiger partial charge in [0, 0.05) is 38.3 Å². The maximum Gasteiger partial charge on any atom is 0.0195 e. The van der Waals surface area contributed by atoms with Gasteiger partial charge in [0.25, 0.3) is 0 Å². The van der Waals surface area contributed by atoms with Crippen LogP contribution in [0.4, 0.5) is 0 Å². The molecule has 0 aromatic carbocycles. The summed E-state index contributed by atoms with van der Waals surface area (Å²) in [5.41, 5.74) is 0.337. The van der Waals surface area contributed by atoms with Crippen molar-refractivity contribution >= 4 is 0 Å². The molecule has 1 aliphatic rings. The fraction of sp³-hybridized carbons (Fsp3) is 1.00. The molecular weight excluding hydrogens is 222 g/mol. The molecule has 0 bridgehead atoms. The van der Waals surface area contributed by atoms with Crippen molar-refractivity contribution in [3.8, 4) is 0 Å². The van der Waals surface area contributed by atoms with Crippen molar-refractivity contribution in [1.29, 1.82) is 0 Å². The van der Waals surface area contributed by atoms with Gasteiger partial charge in [0.15, 0.2) is 0 Å². The second kappa shape index (κ2) is 6.88. The smallest absolute Gasteiger partial charge is 0.0195 e. The molecule has 0 aromatic heterocycles. The van der Waals surface area contributed by atoms with Crippen LogP contribution in [0.1, 0.15) is 41.5 Å². The molecule has 3 heteroatoms. The number of nitrogens with zero attached hydrogens (tertiary/aromatic N) is 2. The van der Waals surface area contributed by atoms with E-state index in [1.165, 1.54) is 32.7 Å². The molecule has 0 spiro atoms. The number of piperazine rings is 1. The third kappa shape index (κ3) is 4.22. The van der Waals surface area contributed by atoms with Crippen LogP contribution in [0.3, 0.4) is 0 Å².